The Balaban J connectivity index is 3.60. The van der Waals surface area contributed by atoms with Gasteiger partial charge in [-0.15, -0.1) is 0 Å². The monoisotopic (exact) mass is 261 g/mol. The van der Waals surface area contributed by atoms with Gasteiger partial charge in [0.05, 0.1) is 0 Å². The Morgan fingerprint density at radius 3 is 2.50 bits per heavy atom. The van der Waals surface area contributed by atoms with Crippen molar-refractivity contribution < 1.29 is 0 Å². The van der Waals surface area contributed by atoms with Crippen molar-refractivity contribution in [3.63, 3.8) is 0 Å². The third kappa shape index (κ3) is 1.61. The van der Waals surface area contributed by atoms with E-state index in [-0.39, 0.29) is 16.0 Å². The zero-order chi connectivity index (χ0) is 10.9. The van der Waals surface area contributed by atoms with E-state index in [1.165, 1.54) is 11.6 Å². The molecule has 0 unspecified atom stereocenters. The van der Waals surface area contributed by atoms with Gasteiger partial charge < -0.3 is 5.73 Å². The van der Waals surface area contributed by atoms with Crippen LogP contribution in [0.2, 0.25) is 0 Å². The van der Waals surface area contributed by atoms with Gasteiger partial charge in [-0.05, 0) is 22.4 Å². The van der Waals surface area contributed by atoms with Crippen molar-refractivity contribution >= 4 is 21.7 Å². The molecule has 0 aliphatic carbocycles. The molecule has 0 aromatic carbocycles. The molecule has 0 atom stereocenters. The van der Waals surface area contributed by atoms with Crippen LogP contribution in [0.4, 0.5) is 5.82 Å². The van der Waals surface area contributed by atoms with E-state index in [1.54, 1.807) is 0 Å². The van der Waals surface area contributed by atoms with E-state index >= 15 is 0 Å². The Morgan fingerprint density at radius 2 is 2.00 bits per heavy atom. The molecule has 0 bridgehead atoms. The maximum atomic E-state index is 11.6. The lowest BCUT2D eigenvalue weighted by atomic mass is 10.4. The molecule has 2 N–H and O–H groups in total. The summed E-state index contributed by atoms with van der Waals surface area (Å²) in [7, 11) is 1.43. The summed E-state index contributed by atoms with van der Waals surface area (Å²) < 4.78 is 2.66. The molecule has 0 amide bonds. The van der Waals surface area contributed by atoms with Gasteiger partial charge in [0.2, 0.25) is 0 Å². The van der Waals surface area contributed by atoms with E-state index in [2.05, 4.69) is 15.9 Å². The van der Waals surface area contributed by atoms with Crippen LogP contribution in [0.3, 0.4) is 0 Å². The molecule has 1 aromatic rings. The fourth-order valence-electron chi connectivity index (χ4n) is 1.19. The van der Waals surface area contributed by atoms with Crippen molar-refractivity contribution in [3.05, 3.63) is 25.3 Å². The van der Waals surface area contributed by atoms with Crippen LogP contribution >= 0.6 is 15.9 Å². The van der Waals surface area contributed by atoms with Crippen LogP contribution in [0.25, 0.3) is 0 Å². The molecule has 1 aromatic heterocycles. The Labute approximate surface area is 89.3 Å². The molecule has 6 heteroatoms. The van der Waals surface area contributed by atoms with Crippen LogP contribution < -0.4 is 17.0 Å². The number of rotatable bonds is 2. The van der Waals surface area contributed by atoms with Crippen LogP contribution in [-0.2, 0) is 13.6 Å². The average molecular weight is 262 g/mol. The first-order valence-electron chi connectivity index (χ1n) is 4.25. The quantitative estimate of drug-likeness (QED) is 0.833. The molecule has 14 heavy (non-hydrogen) atoms. The summed E-state index contributed by atoms with van der Waals surface area (Å²) in [6.07, 6.45) is 0.786. The first kappa shape index (κ1) is 11.0. The number of hydrogen-bond acceptors (Lipinski definition) is 3. The molecule has 0 saturated heterocycles. The molecule has 1 rings (SSSR count). The minimum absolute atomic E-state index is 0.194. The van der Waals surface area contributed by atoms with Crippen molar-refractivity contribution in [1.29, 1.82) is 0 Å². The third-order valence-electron chi connectivity index (χ3n) is 1.97. The second kappa shape index (κ2) is 4.00. The normalized spacial score (nSPS) is 10.5. The molecule has 0 aliphatic heterocycles. The fraction of sp³-hybridized carbons (Fsp3) is 0.500. The van der Waals surface area contributed by atoms with Crippen molar-refractivity contribution in [2.45, 2.75) is 19.9 Å². The summed E-state index contributed by atoms with van der Waals surface area (Å²) in [5.41, 5.74) is 4.86. The molecule has 0 radical (unpaired) electrons. The second-order valence-electron chi connectivity index (χ2n) is 3.00. The van der Waals surface area contributed by atoms with Crippen molar-refractivity contribution in [3.8, 4) is 0 Å². The minimum atomic E-state index is -0.403. The highest BCUT2D eigenvalue weighted by Crippen LogP contribution is 2.11. The Morgan fingerprint density at radius 1 is 1.43 bits per heavy atom. The SMILES string of the molecule is CCCn1c(N)c(Br)c(=O)n(C)c1=O. The summed E-state index contributed by atoms with van der Waals surface area (Å²) in [5, 5.41) is 0. The number of nitrogens with two attached hydrogens (primary N) is 1. The highest BCUT2D eigenvalue weighted by molar-refractivity contribution is 9.10. The number of anilines is 1. The number of nitrogen functional groups attached to an aromatic ring is 1. The van der Waals surface area contributed by atoms with E-state index in [1.807, 2.05) is 6.92 Å². The highest BCUT2D eigenvalue weighted by Gasteiger charge is 2.11. The summed E-state index contributed by atoms with van der Waals surface area (Å²) in [6.45, 7) is 2.45. The van der Waals surface area contributed by atoms with Gasteiger partial charge >= 0.3 is 5.69 Å². The lowest BCUT2D eigenvalue weighted by Gasteiger charge is -2.10. The second-order valence-corrected chi connectivity index (χ2v) is 3.79. The lowest BCUT2D eigenvalue weighted by Crippen LogP contribution is -2.39. The van der Waals surface area contributed by atoms with Gasteiger partial charge in [0, 0.05) is 13.6 Å². The predicted molar refractivity (Wildman–Crippen MR) is 58.3 cm³/mol. The highest BCUT2D eigenvalue weighted by atomic mass is 79.9. The summed E-state index contributed by atoms with van der Waals surface area (Å²) in [5.74, 6) is 0.194. The lowest BCUT2D eigenvalue weighted by molar-refractivity contribution is 0.596. The Kier molecular flexibility index (Phi) is 3.15. The zero-order valence-corrected chi connectivity index (χ0v) is 9.67. The summed E-state index contributed by atoms with van der Waals surface area (Å²) in [4.78, 5) is 23.0. The van der Waals surface area contributed by atoms with Gasteiger partial charge in [-0.1, -0.05) is 6.92 Å². The van der Waals surface area contributed by atoms with E-state index in [0.717, 1.165) is 11.0 Å². The number of halogens is 1. The Hall–Kier alpha value is -1.04. The minimum Gasteiger partial charge on any atom is -0.384 e. The van der Waals surface area contributed by atoms with Crippen LogP contribution in [-0.4, -0.2) is 9.13 Å². The largest absolute Gasteiger partial charge is 0.384 e. The van der Waals surface area contributed by atoms with Gasteiger partial charge in [-0.25, -0.2) is 4.79 Å². The van der Waals surface area contributed by atoms with Crippen LogP contribution in [0.15, 0.2) is 14.1 Å². The smallest absolute Gasteiger partial charge is 0.332 e. The van der Waals surface area contributed by atoms with Crippen LogP contribution in [0, 0.1) is 0 Å². The standard InChI is InChI=1S/C8H12BrN3O2/c1-3-4-12-6(10)5(9)7(13)11(2)8(12)14/h3-4,10H2,1-2H3. The first-order chi connectivity index (χ1) is 6.50. The molecule has 0 spiro atoms. The van der Waals surface area contributed by atoms with E-state index in [9.17, 15) is 9.59 Å². The first-order valence-corrected chi connectivity index (χ1v) is 5.04. The van der Waals surface area contributed by atoms with Gasteiger partial charge in [-0.3, -0.25) is 13.9 Å². The van der Waals surface area contributed by atoms with Gasteiger partial charge in [-0.2, -0.15) is 0 Å². The van der Waals surface area contributed by atoms with Gasteiger partial charge in [0.15, 0.2) is 0 Å². The summed E-state index contributed by atoms with van der Waals surface area (Å²) in [6, 6.07) is 0. The van der Waals surface area contributed by atoms with E-state index < -0.39 is 5.56 Å². The molecule has 5 nitrogen and oxygen atoms in total. The molecule has 0 aliphatic rings. The maximum Gasteiger partial charge on any atom is 0.332 e. The zero-order valence-electron chi connectivity index (χ0n) is 8.08. The van der Waals surface area contributed by atoms with Crippen LogP contribution in [0.5, 0.6) is 0 Å². The Bertz CT molecular complexity index is 461. The fourth-order valence-corrected chi connectivity index (χ4v) is 1.67. The number of aromatic nitrogens is 2. The topological polar surface area (TPSA) is 70.0 Å². The molecule has 0 fully saturated rings. The van der Waals surface area contributed by atoms with Gasteiger partial charge in [0.25, 0.3) is 5.56 Å². The van der Waals surface area contributed by atoms with Crippen molar-refractivity contribution in [1.82, 2.24) is 9.13 Å². The molecular formula is C8H12BrN3O2. The maximum absolute atomic E-state index is 11.6. The molecule has 78 valence electrons. The van der Waals surface area contributed by atoms with E-state index in [0.29, 0.717) is 6.54 Å². The van der Waals surface area contributed by atoms with Crippen LogP contribution in [0.1, 0.15) is 13.3 Å². The number of hydrogen-bond donors (Lipinski definition) is 1. The van der Waals surface area contributed by atoms with Gasteiger partial charge in [0.1, 0.15) is 10.3 Å². The third-order valence-corrected chi connectivity index (χ3v) is 2.72. The molecule has 1 heterocycles. The van der Waals surface area contributed by atoms with E-state index in [4.69, 9.17) is 5.73 Å². The molecule has 0 saturated carbocycles. The predicted octanol–water partition coefficient (Wildman–Crippen LogP) is 0.302. The van der Waals surface area contributed by atoms with Crippen molar-refractivity contribution in [2.24, 2.45) is 7.05 Å². The molecular weight excluding hydrogens is 250 g/mol. The van der Waals surface area contributed by atoms with Crippen molar-refractivity contribution in [2.75, 3.05) is 5.73 Å². The average Bonchev–Trinajstić information content (AvgIpc) is 2.19. The summed E-state index contributed by atoms with van der Waals surface area (Å²) >= 11 is 3.07. The number of nitrogens with zero attached hydrogens (tertiary/aromatic N) is 2.